The van der Waals surface area contributed by atoms with Gasteiger partial charge in [0.1, 0.15) is 5.82 Å². The minimum absolute atomic E-state index is 0.0376. The van der Waals surface area contributed by atoms with Crippen molar-refractivity contribution in [1.82, 2.24) is 14.8 Å². The highest BCUT2D eigenvalue weighted by molar-refractivity contribution is 8.00. The summed E-state index contributed by atoms with van der Waals surface area (Å²) in [6.45, 7) is 6.74. The molecule has 0 aliphatic rings. The summed E-state index contributed by atoms with van der Waals surface area (Å²) >= 11 is 3.18. The van der Waals surface area contributed by atoms with E-state index >= 15 is 0 Å². The highest BCUT2D eigenvalue weighted by atomic mass is 32.2. The predicted molar refractivity (Wildman–Crippen MR) is 137 cm³/mol. The van der Waals surface area contributed by atoms with Crippen LogP contribution in [0.3, 0.4) is 0 Å². The van der Waals surface area contributed by atoms with Crippen molar-refractivity contribution in [2.75, 3.05) is 5.32 Å². The van der Waals surface area contributed by atoms with Gasteiger partial charge in [0.25, 0.3) is 0 Å². The molecule has 0 saturated carbocycles. The summed E-state index contributed by atoms with van der Waals surface area (Å²) in [5.74, 6) is 0.891. The van der Waals surface area contributed by atoms with Gasteiger partial charge in [-0.2, -0.15) is 0 Å². The van der Waals surface area contributed by atoms with Gasteiger partial charge in [-0.15, -0.1) is 21.5 Å². The molecule has 4 rings (SSSR count). The van der Waals surface area contributed by atoms with Crippen LogP contribution in [-0.2, 0) is 24.2 Å². The number of carbonyl (C=O) groups is 1. The van der Waals surface area contributed by atoms with Gasteiger partial charge < -0.3 is 9.88 Å². The van der Waals surface area contributed by atoms with Crippen molar-refractivity contribution in [1.29, 1.82) is 0 Å². The van der Waals surface area contributed by atoms with Gasteiger partial charge in [0.2, 0.25) is 5.91 Å². The molecule has 1 atom stereocenters. The quantitative estimate of drug-likeness (QED) is 0.305. The first-order valence-corrected chi connectivity index (χ1v) is 12.8. The van der Waals surface area contributed by atoms with Crippen LogP contribution < -0.4 is 5.32 Å². The van der Waals surface area contributed by atoms with Crippen LogP contribution in [0, 0.1) is 13.8 Å². The van der Waals surface area contributed by atoms with Crippen LogP contribution in [0.4, 0.5) is 5.69 Å². The van der Waals surface area contributed by atoms with E-state index in [1.54, 1.807) is 11.3 Å². The molecule has 0 aliphatic heterocycles. The fraction of sp³-hybridized carbons (Fsp3) is 0.269. The second-order valence-electron chi connectivity index (χ2n) is 8.11. The first-order valence-electron chi connectivity index (χ1n) is 11.0. The first-order chi connectivity index (χ1) is 16.0. The lowest BCUT2D eigenvalue weighted by atomic mass is 10.1. The fourth-order valence-corrected chi connectivity index (χ4v) is 5.21. The number of amides is 1. The van der Waals surface area contributed by atoms with Gasteiger partial charge >= 0.3 is 0 Å². The van der Waals surface area contributed by atoms with Gasteiger partial charge in [0, 0.05) is 23.5 Å². The third-order valence-electron chi connectivity index (χ3n) is 5.46. The lowest BCUT2D eigenvalue weighted by Gasteiger charge is -2.15. The van der Waals surface area contributed by atoms with Gasteiger partial charge in [0.15, 0.2) is 5.16 Å². The average molecular weight is 477 g/mol. The average Bonchev–Trinajstić information content (AvgIpc) is 3.45. The number of aromatic nitrogens is 3. The largest absolute Gasteiger partial charge is 0.325 e. The van der Waals surface area contributed by atoms with E-state index in [4.69, 9.17) is 0 Å². The minimum Gasteiger partial charge on any atom is -0.325 e. The van der Waals surface area contributed by atoms with Crippen LogP contribution in [0.5, 0.6) is 0 Å². The first kappa shape index (κ1) is 23.3. The number of thiophene rings is 1. The van der Waals surface area contributed by atoms with Crippen LogP contribution in [0.15, 0.2) is 71.2 Å². The van der Waals surface area contributed by atoms with E-state index in [0.717, 1.165) is 41.6 Å². The smallest absolute Gasteiger partial charge is 0.237 e. The standard InChI is InChI=1S/C26H28N4OS2/c1-18-11-12-23(19(2)16-18)27-25(31)20(3)33-26-29-28-24(17-22-10-7-15-32-22)30(26)14-13-21-8-5-4-6-9-21/h4-12,15-16,20H,13-14,17H2,1-3H3,(H,27,31). The topological polar surface area (TPSA) is 59.8 Å². The zero-order chi connectivity index (χ0) is 23.2. The third kappa shape index (κ3) is 6.12. The Bertz CT molecular complexity index is 1200. The predicted octanol–water partition coefficient (Wildman–Crippen LogP) is 5.91. The Labute approximate surface area is 203 Å². The van der Waals surface area contributed by atoms with Gasteiger partial charge in [-0.1, -0.05) is 65.9 Å². The normalized spacial score (nSPS) is 12.0. The Morgan fingerprint density at radius 2 is 1.91 bits per heavy atom. The minimum atomic E-state index is -0.306. The molecule has 1 N–H and O–H groups in total. The van der Waals surface area contributed by atoms with Crippen molar-refractivity contribution in [3.05, 3.63) is 93.4 Å². The molecule has 5 nitrogen and oxygen atoms in total. The molecular formula is C26H28N4OS2. The molecule has 0 aliphatic carbocycles. The molecule has 1 amide bonds. The molecule has 2 aromatic heterocycles. The lowest BCUT2D eigenvalue weighted by Crippen LogP contribution is -2.23. The number of hydrogen-bond acceptors (Lipinski definition) is 5. The summed E-state index contributed by atoms with van der Waals surface area (Å²) in [6.07, 6.45) is 1.62. The van der Waals surface area contributed by atoms with E-state index in [9.17, 15) is 4.79 Å². The fourth-order valence-electron chi connectivity index (χ4n) is 3.62. The zero-order valence-corrected chi connectivity index (χ0v) is 20.7. The zero-order valence-electron chi connectivity index (χ0n) is 19.1. The van der Waals surface area contributed by atoms with Crippen LogP contribution in [0.2, 0.25) is 0 Å². The van der Waals surface area contributed by atoms with Crippen molar-refractivity contribution in [2.24, 2.45) is 0 Å². The van der Waals surface area contributed by atoms with Gasteiger partial charge in [-0.05, 0) is 55.8 Å². The number of nitrogens with one attached hydrogen (secondary N) is 1. The number of thioether (sulfide) groups is 1. The molecule has 7 heteroatoms. The van der Waals surface area contributed by atoms with Crippen LogP contribution in [0.25, 0.3) is 0 Å². The summed E-state index contributed by atoms with van der Waals surface area (Å²) < 4.78 is 2.16. The molecule has 0 bridgehead atoms. The number of nitrogens with zero attached hydrogens (tertiary/aromatic N) is 3. The summed E-state index contributed by atoms with van der Waals surface area (Å²) in [4.78, 5) is 14.2. The number of rotatable bonds is 9. The second kappa shape index (κ2) is 10.8. The van der Waals surface area contributed by atoms with E-state index in [1.165, 1.54) is 27.8 Å². The number of hydrogen-bond donors (Lipinski definition) is 1. The number of benzene rings is 2. The Morgan fingerprint density at radius 3 is 2.64 bits per heavy atom. The second-order valence-corrected chi connectivity index (χ2v) is 10.5. The number of aryl methyl sites for hydroxylation is 3. The molecule has 33 heavy (non-hydrogen) atoms. The number of carbonyl (C=O) groups excluding carboxylic acids is 1. The summed E-state index contributed by atoms with van der Waals surface area (Å²) in [6, 6.07) is 20.6. The van der Waals surface area contributed by atoms with E-state index in [-0.39, 0.29) is 11.2 Å². The molecule has 0 fully saturated rings. The van der Waals surface area contributed by atoms with Crippen molar-refractivity contribution in [2.45, 2.75) is 50.6 Å². The summed E-state index contributed by atoms with van der Waals surface area (Å²) in [5, 5.41) is 14.6. The van der Waals surface area contributed by atoms with Crippen molar-refractivity contribution >= 4 is 34.7 Å². The Balaban J connectivity index is 1.50. The molecule has 0 saturated heterocycles. The van der Waals surface area contributed by atoms with Crippen molar-refractivity contribution in [3.8, 4) is 0 Å². The Kier molecular flexibility index (Phi) is 7.62. The Hall–Kier alpha value is -2.90. The van der Waals surface area contributed by atoms with Crippen LogP contribution in [-0.4, -0.2) is 25.9 Å². The molecule has 0 radical (unpaired) electrons. The van der Waals surface area contributed by atoms with Crippen molar-refractivity contribution in [3.63, 3.8) is 0 Å². The molecule has 0 spiro atoms. The molecule has 2 aromatic carbocycles. The Morgan fingerprint density at radius 1 is 1.09 bits per heavy atom. The highest BCUT2D eigenvalue weighted by Gasteiger charge is 2.21. The molecule has 170 valence electrons. The van der Waals surface area contributed by atoms with Crippen molar-refractivity contribution < 1.29 is 4.79 Å². The van der Waals surface area contributed by atoms with Crippen LogP contribution >= 0.6 is 23.1 Å². The maximum absolute atomic E-state index is 12.9. The summed E-state index contributed by atoms with van der Waals surface area (Å²) in [7, 11) is 0. The van der Waals surface area contributed by atoms with E-state index < -0.39 is 0 Å². The molecular weight excluding hydrogens is 448 g/mol. The van der Waals surface area contributed by atoms with E-state index in [1.807, 2.05) is 39.0 Å². The maximum atomic E-state index is 12.9. The SMILES string of the molecule is Cc1ccc(NC(=O)C(C)Sc2nnc(Cc3cccs3)n2CCc2ccccc2)c(C)c1. The summed E-state index contributed by atoms with van der Waals surface area (Å²) in [5.41, 5.74) is 4.36. The van der Waals surface area contributed by atoms with E-state index in [2.05, 4.69) is 67.9 Å². The van der Waals surface area contributed by atoms with Gasteiger partial charge in [0.05, 0.1) is 5.25 Å². The van der Waals surface area contributed by atoms with Gasteiger partial charge in [-0.3, -0.25) is 4.79 Å². The number of anilines is 1. The molecule has 1 unspecified atom stereocenters. The monoisotopic (exact) mass is 476 g/mol. The molecule has 4 aromatic rings. The third-order valence-corrected chi connectivity index (χ3v) is 7.42. The maximum Gasteiger partial charge on any atom is 0.237 e. The van der Waals surface area contributed by atoms with E-state index in [0.29, 0.717) is 0 Å². The molecule has 2 heterocycles. The van der Waals surface area contributed by atoms with Gasteiger partial charge in [-0.25, -0.2) is 0 Å². The highest BCUT2D eigenvalue weighted by Crippen LogP contribution is 2.26. The van der Waals surface area contributed by atoms with Crippen LogP contribution in [0.1, 0.15) is 34.3 Å². The lowest BCUT2D eigenvalue weighted by molar-refractivity contribution is -0.115.